The van der Waals surface area contributed by atoms with Crippen molar-refractivity contribution in [2.24, 2.45) is 0 Å². The maximum Gasteiger partial charge on any atom is 1.00 e. The van der Waals surface area contributed by atoms with Crippen LogP contribution in [0.4, 0.5) is 17.6 Å². The molecule has 0 aliphatic heterocycles. The Labute approximate surface area is 124 Å². The Morgan fingerprint density at radius 3 is 1.11 bits per heavy atom. The first-order chi connectivity index (χ1) is 7.29. The van der Waals surface area contributed by atoms with Gasteiger partial charge in [-0.05, 0) is 0 Å². The van der Waals surface area contributed by atoms with Crippen LogP contribution < -0.4 is 37.7 Å². The van der Waals surface area contributed by atoms with Crippen LogP contribution in [0.1, 0.15) is 23.6 Å². The molecule has 10 heteroatoms. The standard InChI is InChI=1S/C8H2F4O4.2Li.2H/c9-3-1(7(13)14)2(8(15)16)4(10)6(12)5(3)11;;;;/h(H,13,14)(H,15,16);;;;/q;2*+1;2*-1. The quantitative estimate of drug-likeness (QED) is 0.243. The third-order valence-corrected chi connectivity index (χ3v) is 1.69. The fourth-order valence-electron chi connectivity index (χ4n) is 1.03. The molecule has 0 aliphatic carbocycles. The van der Waals surface area contributed by atoms with Crippen LogP contribution in [-0.2, 0) is 0 Å². The smallest absolute Gasteiger partial charge is 1.00 e. The van der Waals surface area contributed by atoms with Gasteiger partial charge in [-0.1, -0.05) is 0 Å². The molecule has 0 amide bonds. The Hall–Kier alpha value is -0.925. The van der Waals surface area contributed by atoms with E-state index < -0.39 is 46.3 Å². The van der Waals surface area contributed by atoms with Crippen molar-refractivity contribution in [3.8, 4) is 0 Å². The van der Waals surface area contributed by atoms with E-state index in [1.54, 1.807) is 0 Å². The molecule has 0 aromatic heterocycles. The molecule has 0 aliphatic rings. The topological polar surface area (TPSA) is 74.6 Å². The van der Waals surface area contributed by atoms with Gasteiger partial charge in [-0.25, -0.2) is 27.2 Å². The van der Waals surface area contributed by atoms with Gasteiger partial charge in [0.25, 0.3) is 0 Å². The Morgan fingerprint density at radius 2 is 0.944 bits per heavy atom. The van der Waals surface area contributed by atoms with Gasteiger partial charge in [-0.2, -0.15) is 0 Å². The second kappa shape index (κ2) is 6.86. The van der Waals surface area contributed by atoms with Crippen molar-refractivity contribution in [2.45, 2.75) is 0 Å². The molecule has 0 spiro atoms. The van der Waals surface area contributed by atoms with Gasteiger partial charge in [0.2, 0.25) is 0 Å². The van der Waals surface area contributed by atoms with Gasteiger partial charge < -0.3 is 13.1 Å². The summed E-state index contributed by atoms with van der Waals surface area (Å²) in [5.74, 6) is -13.7. The van der Waals surface area contributed by atoms with Crippen molar-refractivity contribution in [1.82, 2.24) is 0 Å². The number of hydrogen-bond acceptors (Lipinski definition) is 2. The van der Waals surface area contributed by atoms with Crippen molar-refractivity contribution >= 4 is 11.9 Å². The maximum atomic E-state index is 12.9. The van der Waals surface area contributed by atoms with E-state index in [-0.39, 0.29) is 40.6 Å². The number of rotatable bonds is 2. The van der Waals surface area contributed by atoms with Gasteiger partial charge in [-0.15, -0.1) is 0 Å². The molecule has 90 valence electrons. The number of halogens is 4. The zero-order valence-corrected chi connectivity index (χ0v) is 9.22. The van der Waals surface area contributed by atoms with Crippen molar-refractivity contribution in [2.75, 3.05) is 0 Å². The molecule has 0 radical (unpaired) electrons. The predicted molar refractivity (Wildman–Crippen MR) is 42.4 cm³/mol. The van der Waals surface area contributed by atoms with Crippen LogP contribution in [0.2, 0.25) is 0 Å². The molecule has 0 heterocycles. The molecule has 1 rings (SSSR count). The number of aromatic carboxylic acids is 2. The number of hydrogen-bond donors (Lipinski definition) is 2. The summed E-state index contributed by atoms with van der Waals surface area (Å²) < 4.78 is 51.0. The van der Waals surface area contributed by atoms with Crippen LogP contribution in [0.5, 0.6) is 0 Å². The molecular formula is C8H4F4Li2O4. The van der Waals surface area contributed by atoms with Gasteiger partial charge >= 0.3 is 49.7 Å². The minimum Gasteiger partial charge on any atom is -1.00 e. The molecule has 0 atom stereocenters. The van der Waals surface area contributed by atoms with Crippen molar-refractivity contribution in [3.63, 3.8) is 0 Å². The Bertz CT molecular complexity index is 471. The fourth-order valence-corrected chi connectivity index (χ4v) is 1.03. The first-order valence-electron chi connectivity index (χ1n) is 3.61. The Morgan fingerprint density at radius 1 is 0.722 bits per heavy atom. The molecule has 1 aromatic rings. The molecule has 0 bridgehead atoms. The molecule has 4 nitrogen and oxygen atoms in total. The third-order valence-electron chi connectivity index (χ3n) is 1.69. The van der Waals surface area contributed by atoms with E-state index in [9.17, 15) is 27.2 Å². The summed E-state index contributed by atoms with van der Waals surface area (Å²) in [5.41, 5.74) is -3.52. The average Bonchev–Trinajstić information content (AvgIpc) is 2.18. The Balaban J connectivity index is -0.000000320. The van der Waals surface area contributed by atoms with E-state index in [0.717, 1.165) is 0 Å². The van der Waals surface area contributed by atoms with Crippen LogP contribution in [0.25, 0.3) is 0 Å². The van der Waals surface area contributed by atoms with Crippen molar-refractivity contribution < 1.29 is 77.9 Å². The SMILES string of the molecule is O=C(O)c1c(F)c(F)c(F)c(F)c1C(=O)O.[H-].[H-].[Li+].[Li+]. The molecule has 2 N–H and O–H groups in total. The van der Waals surface area contributed by atoms with E-state index >= 15 is 0 Å². The minimum atomic E-state index is -2.38. The molecule has 0 fully saturated rings. The van der Waals surface area contributed by atoms with Crippen LogP contribution in [0, 0.1) is 23.3 Å². The summed E-state index contributed by atoms with van der Waals surface area (Å²) in [6.07, 6.45) is 0. The zero-order chi connectivity index (χ0) is 12.6. The maximum absolute atomic E-state index is 12.9. The minimum absolute atomic E-state index is 0. The van der Waals surface area contributed by atoms with Gasteiger partial charge in [-0.3, -0.25) is 0 Å². The van der Waals surface area contributed by atoms with Gasteiger partial charge in [0, 0.05) is 0 Å². The number of benzene rings is 1. The van der Waals surface area contributed by atoms with Gasteiger partial charge in [0.05, 0.1) is 0 Å². The zero-order valence-electron chi connectivity index (χ0n) is 11.2. The number of carboxylic acids is 2. The molecule has 1 aromatic carbocycles. The molecule has 0 saturated heterocycles. The number of carboxylic acid groups (broad SMARTS) is 2. The van der Waals surface area contributed by atoms with Gasteiger partial charge in [0.15, 0.2) is 23.3 Å². The first kappa shape index (κ1) is 19.4. The summed E-state index contributed by atoms with van der Waals surface area (Å²) in [5, 5.41) is 16.8. The van der Waals surface area contributed by atoms with Crippen LogP contribution in [0.3, 0.4) is 0 Å². The summed E-state index contributed by atoms with van der Waals surface area (Å²) >= 11 is 0. The molecular weight excluding hydrogens is 250 g/mol. The average molecular weight is 254 g/mol. The molecule has 0 saturated carbocycles. The molecule has 18 heavy (non-hydrogen) atoms. The second-order valence-electron chi connectivity index (χ2n) is 2.62. The molecule has 0 unspecified atom stereocenters. The van der Waals surface area contributed by atoms with Crippen LogP contribution in [-0.4, -0.2) is 22.2 Å². The van der Waals surface area contributed by atoms with Crippen LogP contribution in [0.15, 0.2) is 0 Å². The summed E-state index contributed by atoms with van der Waals surface area (Å²) in [6, 6.07) is 0. The summed E-state index contributed by atoms with van der Waals surface area (Å²) in [7, 11) is 0. The Kier molecular flexibility index (Phi) is 7.40. The largest absolute Gasteiger partial charge is 1.00 e. The van der Waals surface area contributed by atoms with E-state index in [4.69, 9.17) is 10.2 Å². The van der Waals surface area contributed by atoms with E-state index in [1.807, 2.05) is 0 Å². The van der Waals surface area contributed by atoms with E-state index in [2.05, 4.69) is 0 Å². The van der Waals surface area contributed by atoms with Gasteiger partial charge in [0.1, 0.15) is 11.1 Å². The summed E-state index contributed by atoms with van der Waals surface area (Å²) in [4.78, 5) is 20.8. The fraction of sp³-hybridized carbons (Fsp3) is 0. The monoisotopic (exact) mass is 254 g/mol. The number of carbonyl (C=O) groups is 2. The normalized spacial score (nSPS) is 9.11. The second-order valence-corrected chi connectivity index (χ2v) is 2.62. The van der Waals surface area contributed by atoms with E-state index in [0.29, 0.717) is 0 Å². The van der Waals surface area contributed by atoms with Crippen molar-refractivity contribution in [3.05, 3.63) is 34.4 Å². The first-order valence-corrected chi connectivity index (χ1v) is 3.61. The summed E-state index contributed by atoms with van der Waals surface area (Å²) in [6.45, 7) is 0. The van der Waals surface area contributed by atoms with Crippen molar-refractivity contribution in [1.29, 1.82) is 0 Å². The van der Waals surface area contributed by atoms with Crippen LogP contribution >= 0.6 is 0 Å². The van der Waals surface area contributed by atoms with E-state index in [1.165, 1.54) is 0 Å². The third kappa shape index (κ3) is 3.09. The predicted octanol–water partition coefficient (Wildman–Crippen LogP) is -4.13.